The average molecular weight is 539 g/mol. The van der Waals surface area contributed by atoms with Crippen LogP contribution >= 0.6 is 11.3 Å². The third kappa shape index (κ3) is 9.19. The van der Waals surface area contributed by atoms with Gasteiger partial charge in [-0.3, -0.25) is 9.59 Å². The number of esters is 1. The molecule has 2 heterocycles. The van der Waals surface area contributed by atoms with Crippen molar-refractivity contribution in [3.05, 3.63) is 41.8 Å². The summed E-state index contributed by atoms with van der Waals surface area (Å²) >= 11 is 1.64. The predicted molar refractivity (Wildman–Crippen MR) is 154 cm³/mol. The van der Waals surface area contributed by atoms with Crippen LogP contribution in [0.3, 0.4) is 0 Å². The Hall–Kier alpha value is -2.80. The number of carbonyl (C=O) groups is 2. The second-order valence-corrected chi connectivity index (χ2v) is 11.8. The molecule has 0 bridgehead atoms. The van der Waals surface area contributed by atoms with Crippen molar-refractivity contribution >= 4 is 34.1 Å². The summed E-state index contributed by atoms with van der Waals surface area (Å²) in [5, 5.41) is 2.03. The van der Waals surface area contributed by atoms with Gasteiger partial charge in [-0.2, -0.15) is 0 Å². The molecule has 0 atom stereocenters. The fourth-order valence-electron chi connectivity index (χ4n) is 4.01. The van der Waals surface area contributed by atoms with Crippen LogP contribution in [-0.2, 0) is 14.3 Å². The molecule has 38 heavy (non-hydrogen) atoms. The Balaban J connectivity index is 0.000000178. The number of fused-ring (bicyclic) bond motifs is 1. The molecule has 6 nitrogen and oxygen atoms in total. The van der Waals surface area contributed by atoms with Crippen LogP contribution in [0.4, 0.5) is 0 Å². The van der Waals surface area contributed by atoms with E-state index in [1.165, 1.54) is 12.8 Å². The van der Waals surface area contributed by atoms with Gasteiger partial charge in [-0.25, -0.2) is 9.97 Å². The van der Waals surface area contributed by atoms with Crippen molar-refractivity contribution in [2.75, 3.05) is 0 Å². The highest BCUT2D eigenvalue weighted by Crippen LogP contribution is 2.33. The van der Waals surface area contributed by atoms with E-state index in [0.717, 1.165) is 47.3 Å². The van der Waals surface area contributed by atoms with Gasteiger partial charge in [0, 0.05) is 11.8 Å². The van der Waals surface area contributed by atoms with Gasteiger partial charge in [0.25, 0.3) is 0 Å². The molecule has 2 aliphatic rings. The van der Waals surface area contributed by atoms with Gasteiger partial charge >= 0.3 is 5.97 Å². The zero-order valence-corrected chi connectivity index (χ0v) is 24.4. The molecule has 0 radical (unpaired) electrons. The highest BCUT2D eigenvalue weighted by Gasteiger charge is 2.30. The Morgan fingerprint density at radius 1 is 0.842 bits per heavy atom. The third-order valence-electron chi connectivity index (χ3n) is 6.25. The minimum atomic E-state index is -0.0445. The van der Waals surface area contributed by atoms with Crippen molar-refractivity contribution in [1.82, 2.24) is 9.97 Å². The molecule has 0 saturated heterocycles. The number of carbonyl (C=O) groups excluding carboxylic acids is 2. The molecule has 2 saturated carbocycles. The van der Waals surface area contributed by atoms with Crippen molar-refractivity contribution in [3.63, 3.8) is 0 Å². The summed E-state index contributed by atoms with van der Waals surface area (Å²) in [6.07, 6.45) is 7.18. The van der Waals surface area contributed by atoms with E-state index in [2.05, 4.69) is 4.98 Å². The molecule has 0 aliphatic heterocycles. The molecule has 0 amide bonds. The first-order valence-corrected chi connectivity index (χ1v) is 14.7. The summed E-state index contributed by atoms with van der Waals surface area (Å²) in [5.41, 5.74) is 2.57. The first-order valence-electron chi connectivity index (χ1n) is 13.9. The molecule has 5 rings (SSSR count). The first kappa shape index (κ1) is 29.8. The van der Waals surface area contributed by atoms with E-state index in [4.69, 9.17) is 14.5 Å². The third-order valence-corrected chi connectivity index (χ3v) is 7.12. The summed E-state index contributed by atoms with van der Waals surface area (Å²) in [6, 6.07) is 11.9. The fraction of sp³-hybridized carbons (Fsp3) is 0.548. The Labute approximate surface area is 231 Å². The zero-order valence-electron chi connectivity index (χ0n) is 23.6. The molecule has 1 aromatic carbocycles. The van der Waals surface area contributed by atoms with Crippen LogP contribution in [0.15, 0.2) is 41.8 Å². The molecule has 2 fully saturated rings. The molecule has 0 unspecified atom stereocenters. The SMILES string of the molecule is CC(C)C(=O)C1CC1.CC(C)C(=O)OC1CCCC1.CC(C)Oc1nc2ccccc2nc1-c1cccs1. The second kappa shape index (κ2) is 14.4. The number of Topliss-reactive ketones (excluding diaryl/α,β-unsaturated/α-hetero) is 1. The summed E-state index contributed by atoms with van der Waals surface area (Å²) in [4.78, 5) is 32.3. The maximum atomic E-state index is 11.1. The number of aromatic nitrogens is 2. The van der Waals surface area contributed by atoms with Crippen LogP contribution in [0, 0.1) is 17.8 Å². The van der Waals surface area contributed by atoms with Crippen LogP contribution in [0.25, 0.3) is 21.6 Å². The Morgan fingerprint density at radius 2 is 1.47 bits per heavy atom. The second-order valence-electron chi connectivity index (χ2n) is 10.8. The lowest BCUT2D eigenvalue weighted by atomic mass is 10.1. The van der Waals surface area contributed by atoms with Gasteiger partial charge in [-0.15, -0.1) is 11.3 Å². The number of rotatable bonds is 7. The zero-order chi connectivity index (χ0) is 27.7. The minimum absolute atomic E-state index is 0.0237. The van der Waals surface area contributed by atoms with Crippen LogP contribution in [-0.4, -0.2) is 33.9 Å². The molecule has 2 aliphatic carbocycles. The quantitative estimate of drug-likeness (QED) is 0.285. The van der Waals surface area contributed by atoms with Crippen molar-refractivity contribution in [2.45, 2.75) is 92.3 Å². The lowest BCUT2D eigenvalue weighted by molar-refractivity contribution is -0.152. The van der Waals surface area contributed by atoms with Gasteiger partial charge in [-0.1, -0.05) is 45.9 Å². The largest absolute Gasteiger partial charge is 0.473 e. The van der Waals surface area contributed by atoms with Gasteiger partial charge in [0.15, 0.2) is 0 Å². The fourth-order valence-corrected chi connectivity index (χ4v) is 4.71. The minimum Gasteiger partial charge on any atom is -0.473 e. The Bertz CT molecular complexity index is 1160. The number of hydrogen-bond donors (Lipinski definition) is 0. The van der Waals surface area contributed by atoms with Gasteiger partial charge in [-0.05, 0) is 76.0 Å². The van der Waals surface area contributed by atoms with Crippen molar-refractivity contribution < 1.29 is 19.1 Å². The van der Waals surface area contributed by atoms with Gasteiger partial charge in [0.1, 0.15) is 17.6 Å². The number of nitrogens with zero attached hydrogens (tertiary/aromatic N) is 2. The molecular weight excluding hydrogens is 496 g/mol. The van der Waals surface area contributed by atoms with Crippen molar-refractivity contribution in [2.24, 2.45) is 17.8 Å². The number of thiophene rings is 1. The summed E-state index contributed by atoms with van der Waals surface area (Å²) in [5.74, 6) is 1.77. The van der Waals surface area contributed by atoms with Crippen LogP contribution in [0.5, 0.6) is 5.88 Å². The van der Waals surface area contributed by atoms with E-state index in [-0.39, 0.29) is 30.0 Å². The van der Waals surface area contributed by atoms with Gasteiger partial charge in [0.2, 0.25) is 5.88 Å². The van der Waals surface area contributed by atoms with E-state index in [0.29, 0.717) is 17.6 Å². The van der Waals surface area contributed by atoms with Gasteiger partial charge < -0.3 is 9.47 Å². The maximum absolute atomic E-state index is 11.1. The van der Waals surface area contributed by atoms with E-state index in [1.54, 1.807) is 11.3 Å². The Kier molecular flexibility index (Phi) is 11.3. The molecule has 0 N–H and O–H groups in total. The number of para-hydroxylation sites is 2. The van der Waals surface area contributed by atoms with E-state index >= 15 is 0 Å². The highest BCUT2D eigenvalue weighted by molar-refractivity contribution is 7.13. The van der Waals surface area contributed by atoms with E-state index < -0.39 is 0 Å². The first-order chi connectivity index (χ1) is 18.2. The van der Waals surface area contributed by atoms with Crippen molar-refractivity contribution in [3.8, 4) is 16.5 Å². The highest BCUT2D eigenvalue weighted by atomic mass is 32.1. The summed E-state index contributed by atoms with van der Waals surface area (Å²) in [7, 11) is 0. The number of ether oxygens (including phenoxy) is 2. The van der Waals surface area contributed by atoms with Crippen LogP contribution < -0.4 is 4.74 Å². The lowest BCUT2D eigenvalue weighted by Gasteiger charge is -2.12. The number of hydrogen-bond acceptors (Lipinski definition) is 7. The Morgan fingerprint density at radius 3 is 1.95 bits per heavy atom. The molecular formula is C31H42N2O4S. The molecule has 3 aromatic rings. The maximum Gasteiger partial charge on any atom is 0.308 e. The van der Waals surface area contributed by atoms with E-state index in [1.807, 2.05) is 83.3 Å². The number of benzene rings is 1. The summed E-state index contributed by atoms with van der Waals surface area (Å²) in [6.45, 7) is 11.7. The standard InChI is InChI=1S/C15H14N2OS.C9H16O2.C7H12O/c1-10(2)18-15-14(13-8-5-9-19-13)16-11-6-3-4-7-12(11)17-15;1-7(2)9(10)11-8-5-3-4-6-8;1-5(2)7(8)6-3-4-6/h3-10H,1-2H3;7-8H,3-6H2,1-2H3;5-6H,3-4H2,1-2H3. The van der Waals surface area contributed by atoms with Crippen molar-refractivity contribution in [1.29, 1.82) is 0 Å². The normalized spacial score (nSPS) is 15.2. The smallest absolute Gasteiger partial charge is 0.308 e. The molecule has 7 heteroatoms. The lowest BCUT2D eigenvalue weighted by Crippen LogP contribution is -2.18. The van der Waals surface area contributed by atoms with Gasteiger partial charge in [0.05, 0.1) is 27.9 Å². The molecule has 0 spiro atoms. The van der Waals surface area contributed by atoms with Crippen LogP contribution in [0.2, 0.25) is 0 Å². The monoisotopic (exact) mass is 538 g/mol. The van der Waals surface area contributed by atoms with E-state index in [9.17, 15) is 9.59 Å². The molecule has 206 valence electrons. The predicted octanol–water partition coefficient (Wildman–Crippen LogP) is 7.90. The number of ketones is 1. The molecule has 2 aromatic heterocycles. The summed E-state index contributed by atoms with van der Waals surface area (Å²) < 4.78 is 11.0. The van der Waals surface area contributed by atoms with Crippen LogP contribution in [0.1, 0.15) is 80.1 Å². The topological polar surface area (TPSA) is 78.4 Å². The average Bonchev–Trinajstić information content (AvgIpc) is 3.33.